The molecule has 2 aromatic heterocycles. The van der Waals surface area contributed by atoms with Gasteiger partial charge >= 0.3 is 0 Å². The molecule has 2 heterocycles. The lowest BCUT2D eigenvalue weighted by Gasteiger charge is -2.25. The molecule has 0 saturated heterocycles. The smallest absolute Gasteiger partial charge is 0.260 e. The van der Waals surface area contributed by atoms with E-state index in [0.29, 0.717) is 20.9 Å². The molecular weight excluding hydrogens is 452 g/mol. The van der Waals surface area contributed by atoms with Crippen LogP contribution in [0.4, 0.5) is 8.78 Å². The molecule has 0 fully saturated rings. The summed E-state index contributed by atoms with van der Waals surface area (Å²) < 4.78 is 26.4. The van der Waals surface area contributed by atoms with Crippen LogP contribution in [0.5, 0.6) is 0 Å². The van der Waals surface area contributed by atoms with Gasteiger partial charge in [0.15, 0.2) is 5.16 Å². The SMILES string of the molecule is CC(c1ccc(F)cc1)N(C)C(=O)CSc1nc2scc(-c3ccc(F)cc3)c2c(=O)[nH]1. The third kappa shape index (κ3) is 4.58. The molecule has 0 saturated carbocycles. The molecule has 0 aliphatic rings. The van der Waals surface area contributed by atoms with Gasteiger partial charge in [0.2, 0.25) is 5.91 Å². The van der Waals surface area contributed by atoms with E-state index in [2.05, 4.69) is 9.97 Å². The molecule has 1 atom stereocenters. The van der Waals surface area contributed by atoms with E-state index < -0.39 is 0 Å². The Labute approximate surface area is 191 Å². The van der Waals surface area contributed by atoms with Crippen molar-refractivity contribution >= 4 is 39.2 Å². The van der Waals surface area contributed by atoms with Crippen molar-refractivity contribution in [1.29, 1.82) is 0 Å². The fraction of sp³-hybridized carbons (Fsp3) is 0.174. The van der Waals surface area contributed by atoms with E-state index in [1.54, 1.807) is 36.2 Å². The molecule has 0 radical (unpaired) electrons. The van der Waals surface area contributed by atoms with Crippen LogP contribution < -0.4 is 5.56 Å². The summed E-state index contributed by atoms with van der Waals surface area (Å²) in [7, 11) is 1.69. The van der Waals surface area contributed by atoms with Crippen molar-refractivity contribution < 1.29 is 13.6 Å². The number of thioether (sulfide) groups is 1. The Hall–Kier alpha value is -3.04. The Kier molecular flexibility index (Phi) is 6.38. The number of hydrogen-bond donors (Lipinski definition) is 1. The van der Waals surface area contributed by atoms with Gasteiger partial charge in [0.1, 0.15) is 16.5 Å². The quantitative estimate of drug-likeness (QED) is 0.308. The number of rotatable bonds is 6. The molecular formula is C23H19F2N3O2S2. The average molecular weight is 472 g/mol. The maximum atomic E-state index is 13.2. The van der Waals surface area contributed by atoms with Gasteiger partial charge in [-0.2, -0.15) is 0 Å². The number of amides is 1. The highest BCUT2D eigenvalue weighted by Crippen LogP contribution is 2.31. The Bertz CT molecular complexity index is 1320. The lowest BCUT2D eigenvalue weighted by atomic mass is 10.1. The first kappa shape index (κ1) is 22.2. The molecule has 4 aromatic rings. The summed E-state index contributed by atoms with van der Waals surface area (Å²) in [5.74, 6) is -0.727. The number of halogens is 2. The standard InChI is InChI=1S/C23H19F2N3O2S2/c1-13(14-3-7-16(24)8-4-14)28(2)19(29)12-32-23-26-21(30)20-18(11-31-22(20)27-23)15-5-9-17(25)10-6-15/h3-11,13H,12H2,1-2H3,(H,26,27,30). The Balaban J connectivity index is 1.48. The van der Waals surface area contributed by atoms with Crippen LogP contribution in [0.15, 0.2) is 63.9 Å². The van der Waals surface area contributed by atoms with Crippen molar-refractivity contribution in [3.8, 4) is 11.1 Å². The summed E-state index contributed by atoms with van der Waals surface area (Å²) in [6, 6.07) is 11.7. The van der Waals surface area contributed by atoms with E-state index in [9.17, 15) is 18.4 Å². The number of carbonyl (C=O) groups is 1. The molecule has 1 unspecified atom stereocenters. The van der Waals surface area contributed by atoms with E-state index in [1.165, 1.54) is 35.6 Å². The number of aromatic amines is 1. The number of fused-ring (bicyclic) bond motifs is 1. The number of H-pyrrole nitrogens is 1. The predicted octanol–water partition coefficient (Wildman–Crippen LogP) is 5.24. The molecule has 1 N–H and O–H groups in total. The van der Waals surface area contributed by atoms with E-state index in [1.807, 2.05) is 12.3 Å². The largest absolute Gasteiger partial charge is 0.338 e. The molecule has 164 valence electrons. The Morgan fingerprint density at radius 3 is 2.41 bits per heavy atom. The normalized spacial score (nSPS) is 12.1. The zero-order chi connectivity index (χ0) is 22.8. The van der Waals surface area contributed by atoms with Crippen molar-refractivity contribution in [2.24, 2.45) is 0 Å². The molecule has 9 heteroatoms. The molecule has 0 bridgehead atoms. The van der Waals surface area contributed by atoms with Crippen molar-refractivity contribution in [1.82, 2.24) is 14.9 Å². The van der Waals surface area contributed by atoms with Crippen LogP contribution in [0.3, 0.4) is 0 Å². The molecule has 32 heavy (non-hydrogen) atoms. The van der Waals surface area contributed by atoms with Gasteiger partial charge in [-0.3, -0.25) is 9.59 Å². The number of thiophene rings is 1. The average Bonchev–Trinajstić information content (AvgIpc) is 3.22. The third-order valence-electron chi connectivity index (χ3n) is 5.24. The second-order valence-corrected chi connectivity index (χ2v) is 9.05. The number of nitrogens with zero attached hydrogens (tertiary/aromatic N) is 2. The van der Waals surface area contributed by atoms with Crippen molar-refractivity contribution in [3.05, 3.63) is 81.5 Å². The lowest BCUT2D eigenvalue weighted by Crippen LogP contribution is -2.31. The van der Waals surface area contributed by atoms with Crippen LogP contribution in [0.2, 0.25) is 0 Å². The van der Waals surface area contributed by atoms with Gasteiger partial charge in [0, 0.05) is 18.0 Å². The predicted molar refractivity (Wildman–Crippen MR) is 124 cm³/mol. The molecule has 0 aliphatic carbocycles. The summed E-state index contributed by atoms with van der Waals surface area (Å²) in [5.41, 5.74) is 1.95. The molecule has 0 spiro atoms. The summed E-state index contributed by atoms with van der Waals surface area (Å²) >= 11 is 2.47. The second-order valence-electron chi connectivity index (χ2n) is 7.23. The molecule has 2 aromatic carbocycles. The van der Waals surface area contributed by atoms with Crippen LogP contribution in [0.1, 0.15) is 18.5 Å². The number of nitrogens with one attached hydrogen (secondary N) is 1. The fourth-order valence-electron chi connectivity index (χ4n) is 3.25. The number of hydrogen-bond acceptors (Lipinski definition) is 5. The highest BCUT2D eigenvalue weighted by molar-refractivity contribution is 7.99. The van der Waals surface area contributed by atoms with Crippen molar-refractivity contribution in [2.45, 2.75) is 18.1 Å². The van der Waals surface area contributed by atoms with Gasteiger partial charge in [-0.25, -0.2) is 13.8 Å². The Morgan fingerprint density at radius 1 is 1.12 bits per heavy atom. The molecule has 5 nitrogen and oxygen atoms in total. The van der Waals surface area contributed by atoms with Crippen LogP contribution in [0.25, 0.3) is 21.3 Å². The molecule has 1 amide bonds. The summed E-state index contributed by atoms with van der Waals surface area (Å²) in [5, 5.41) is 2.61. The topological polar surface area (TPSA) is 66.1 Å². The van der Waals surface area contributed by atoms with Gasteiger partial charge in [0.25, 0.3) is 5.56 Å². The van der Waals surface area contributed by atoms with E-state index in [-0.39, 0.29) is 34.9 Å². The molecule has 0 aliphatic heterocycles. The summed E-state index contributed by atoms with van der Waals surface area (Å²) in [6.07, 6.45) is 0. The number of aromatic nitrogens is 2. The van der Waals surface area contributed by atoms with Crippen molar-refractivity contribution in [2.75, 3.05) is 12.8 Å². The third-order valence-corrected chi connectivity index (χ3v) is 6.97. The highest BCUT2D eigenvalue weighted by Gasteiger charge is 2.19. The zero-order valence-corrected chi connectivity index (χ0v) is 18.9. The van der Waals surface area contributed by atoms with E-state index in [4.69, 9.17) is 0 Å². The van der Waals surface area contributed by atoms with Gasteiger partial charge in [-0.15, -0.1) is 11.3 Å². The van der Waals surface area contributed by atoms with Gasteiger partial charge in [-0.05, 0) is 42.3 Å². The van der Waals surface area contributed by atoms with Crippen LogP contribution >= 0.6 is 23.1 Å². The summed E-state index contributed by atoms with van der Waals surface area (Å²) in [6.45, 7) is 1.87. The van der Waals surface area contributed by atoms with Crippen LogP contribution in [-0.2, 0) is 4.79 Å². The lowest BCUT2D eigenvalue weighted by molar-refractivity contribution is -0.128. The monoisotopic (exact) mass is 471 g/mol. The highest BCUT2D eigenvalue weighted by atomic mass is 32.2. The first-order chi connectivity index (χ1) is 15.3. The first-order valence-electron chi connectivity index (χ1n) is 9.75. The van der Waals surface area contributed by atoms with E-state index >= 15 is 0 Å². The second kappa shape index (κ2) is 9.22. The van der Waals surface area contributed by atoms with Gasteiger partial charge < -0.3 is 9.88 Å². The van der Waals surface area contributed by atoms with Crippen LogP contribution in [0, 0.1) is 11.6 Å². The first-order valence-corrected chi connectivity index (χ1v) is 11.6. The fourth-order valence-corrected chi connectivity index (χ4v) is 5.04. The maximum absolute atomic E-state index is 13.2. The summed E-state index contributed by atoms with van der Waals surface area (Å²) in [4.78, 5) is 34.7. The Morgan fingerprint density at radius 2 is 1.75 bits per heavy atom. The maximum Gasteiger partial charge on any atom is 0.260 e. The van der Waals surface area contributed by atoms with E-state index in [0.717, 1.165) is 22.9 Å². The minimum Gasteiger partial charge on any atom is -0.338 e. The zero-order valence-electron chi connectivity index (χ0n) is 17.3. The van der Waals surface area contributed by atoms with Gasteiger partial charge in [0.05, 0.1) is 17.2 Å². The van der Waals surface area contributed by atoms with Gasteiger partial charge in [-0.1, -0.05) is 36.0 Å². The minimum atomic E-state index is -0.345. The van der Waals surface area contributed by atoms with Crippen molar-refractivity contribution in [3.63, 3.8) is 0 Å². The number of carbonyl (C=O) groups excluding carboxylic acids is 1. The minimum absolute atomic E-state index is 0.0900. The number of benzene rings is 2. The van der Waals surface area contributed by atoms with Crippen LogP contribution in [-0.4, -0.2) is 33.6 Å². The molecule has 4 rings (SSSR count).